The third-order valence-electron chi connectivity index (χ3n) is 4.71. The largest absolute Gasteiger partial charge is 0.397 e. The quantitative estimate of drug-likeness (QED) is 0.567. The van der Waals surface area contributed by atoms with Gasteiger partial charge in [-0.1, -0.05) is 55.5 Å². The van der Waals surface area contributed by atoms with Gasteiger partial charge < -0.3 is 11.1 Å². The van der Waals surface area contributed by atoms with Crippen molar-refractivity contribution in [2.45, 2.75) is 26.2 Å². The van der Waals surface area contributed by atoms with Crippen LogP contribution in [-0.4, -0.2) is 11.7 Å². The molecule has 0 bridgehead atoms. The second-order valence-electron chi connectivity index (χ2n) is 6.71. The molecule has 3 aromatic carbocycles. The van der Waals surface area contributed by atoms with E-state index in [9.17, 15) is 9.59 Å². The Bertz CT molecular complexity index is 964. The van der Waals surface area contributed by atoms with E-state index in [1.54, 1.807) is 18.2 Å². The van der Waals surface area contributed by atoms with Crippen LogP contribution in [0, 0.1) is 0 Å². The fraction of sp³-hybridized carbons (Fsp3) is 0.167. The number of carbonyl (C=O) groups excluding carboxylic acids is 2. The van der Waals surface area contributed by atoms with Crippen LogP contribution >= 0.6 is 0 Å². The first-order valence-electron chi connectivity index (χ1n) is 9.43. The van der Waals surface area contributed by atoms with Crippen molar-refractivity contribution in [3.63, 3.8) is 0 Å². The average molecular weight is 372 g/mol. The summed E-state index contributed by atoms with van der Waals surface area (Å²) >= 11 is 0. The molecule has 0 aliphatic rings. The Morgan fingerprint density at radius 3 is 2.29 bits per heavy atom. The maximum absolute atomic E-state index is 12.6. The summed E-state index contributed by atoms with van der Waals surface area (Å²) in [6.07, 6.45) is 1.79. The van der Waals surface area contributed by atoms with Crippen LogP contribution in [0.25, 0.3) is 11.1 Å². The summed E-state index contributed by atoms with van der Waals surface area (Å²) in [5.74, 6) is 0.0312. The summed E-state index contributed by atoms with van der Waals surface area (Å²) in [5.41, 5.74) is 10.8. The van der Waals surface area contributed by atoms with Crippen molar-refractivity contribution in [2.75, 3.05) is 11.1 Å². The van der Waals surface area contributed by atoms with Gasteiger partial charge in [-0.2, -0.15) is 0 Å². The standard InChI is InChI=1S/C24H24N2O2/c1-2-21(27)14-10-17-8-11-19(12-9-17)24(28)26-23-16-20(13-15-22(23)25)18-6-4-3-5-7-18/h3-9,11-13,15-16H,2,10,14,25H2,1H3,(H,26,28). The van der Waals surface area contributed by atoms with Crippen molar-refractivity contribution in [3.8, 4) is 11.1 Å². The van der Waals surface area contributed by atoms with Crippen LogP contribution in [0.5, 0.6) is 0 Å². The third-order valence-corrected chi connectivity index (χ3v) is 4.71. The minimum atomic E-state index is -0.215. The molecule has 0 unspecified atom stereocenters. The summed E-state index contributed by atoms with van der Waals surface area (Å²) in [4.78, 5) is 24.1. The monoisotopic (exact) mass is 372 g/mol. The SMILES string of the molecule is CCC(=O)CCc1ccc(C(=O)Nc2cc(-c3ccccc3)ccc2N)cc1. The normalized spacial score (nSPS) is 10.5. The first-order chi connectivity index (χ1) is 13.6. The van der Waals surface area contributed by atoms with E-state index in [2.05, 4.69) is 5.32 Å². The smallest absolute Gasteiger partial charge is 0.255 e. The number of ketones is 1. The van der Waals surface area contributed by atoms with Gasteiger partial charge in [0.15, 0.2) is 0 Å². The van der Waals surface area contributed by atoms with E-state index in [0.717, 1.165) is 16.7 Å². The fourth-order valence-electron chi connectivity index (χ4n) is 2.95. The van der Waals surface area contributed by atoms with Crippen molar-refractivity contribution >= 4 is 23.1 Å². The fourth-order valence-corrected chi connectivity index (χ4v) is 2.95. The molecule has 0 saturated carbocycles. The Morgan fingerprint density at radius 2 is 1.61 bits per heavy atom. The van der Waals surface area contributed by atoms with Crippen molar-refractivity contribution < 1.29 is 9.59 Å². The predicted molar refractivity (Wildman–Crippen MR) is 114 cm³/mol. The highest BCUT2D eigenvalue weighted by atomic mass is 16.1. The highest BCUT2D eigenvalue weighted by molar-refractivity contribution is 6.06. The van der Waals surface area contributed by atoms with Gasteiger partial charge in [0.2, 0.25) is 0 Å². The molecule has 4 heteroatoms. The highest BCUT2D eigenvalue weighted by Gasteiger charge is 2.10. The molecular weight excluding hydrogens is 348 g/mol. The number of nitrogen functional groups attached to an aromatic ring is 1. The number of aryl methyl sites for hydroxylation is 1. The molecule has 3 rings (SSSR count). The zero-order valence-electron chi connectivity index (χ0n) is 15.9. The number of nitrogens with two attached hydrogens (primary N) is 1. The zero-order chi connectivity index (χ0) is 19.9. The maximum Gasteiger partial charge on any atom is 0.255 e. The number of anilines is 2. The van der Waals surface area contributed by atoms with E-state index in [1.165, 1.54) is 0 Å². The number of benzene rings is 3. The zero-order valence-corrected chi connectivity index (χ0v) is 15.9. The van der Waals surface area contributed by atoms with Gasteiger partial charge in [0.25, 0.3) is 5.91 Å². The van der Waals surface area contributed by atoms with E-state index < -0.39 is 0 Å². The summed E-state index contributed by atoms with van der Waals surface area (Å²) < 4.78 is 0. The summed E-state index contributed by atoms with van der Waals surface area (Å²) in [7, 11) is 0. The number of hydrogen-bond donors (Lipinski definition) is 2. The van der Waals surface area contributed by atoms with Gasteiger partial charge in [-0.3, -0.25) is 9.59 Å². The number of nitrogens with one attached hydrogen (secondary N) is 1. The third kappa shape index (κ3) is 4.86. The topological polar surface area (TPSA) is 72.2 Å². The van der Waals surface area contributed by atoms with Crippen LogP contribution < -0.4 is 11.1 Å². The molecule has 0 spiro atoms. The van der Waals surface area contributed by atoms with Gasteiger partial charge in [-0.15, -0.1) is 0 Å². The van der Waals surface area contributed by atoms with E-state index in [1.807, 2.05) is 61.5 Å². The van der Waals surface area contributed by atoms with Gasteiger partial charge in [-0.05, 0) is 47.4 Å². The molecule has 0 aliphatic heterocycles. The van der Waals surface area contributed by atoms with Crippen LogP contribution in [0.2, 0.25) is 0 Å². The first-order valence-corrected chi connectivity index (χ1v) is 9.43. The van der Waals surface area contributed by atoms with Gasteiger partial charge in [0.1, 0.15) is 5.78 Å². The Morgan fingerprint density at radius 1 is 0.893 bits per heavy atom. The Kier molecular flexibility index (Phi) is 6.22. The number of hydrogen-bond acceptors (Lipinski definition) is 3. The van der Waals surface area contributed by atoms with Gasteiger partial charge in [-0.25, -0.2) is 0 Å². The molecule has 0 atom stereocenters. The first kappa shape index (κ1) is 19.4. The van der Waals surface area contributed by atoms with Crippen molar-refractivity contribution in [3.05, 3.63) is 83.9 Å². The Balaban J connectivity index is 1.71. The molecule has 3 N–H and O–H groups in total. The number of rotatable bonds is 7. The van der Waals surface area contributed by atoms with E-state index in [0.29, 0.717) is 36.2 Å². The number of Topliss-reactive ketones (excluding diaryl/α,β-unsaturated/α-hetero) is 1. The minimum Gasteiger partial charge on any atom is -0.397 e. The molecule has 1 amide bonds. The molecule has 142 valence electrons. The lowest BCUT2D eigenvalue weighted by atomic mass is 10.0. The molecule has 0 saturated heterocycles. The van der Waals surface area contributed by atoms with Gasteiger partial charge in [0, 0.05) is 18.4 Å². The second-order valence-corrected chi connectivity index (χ2v) is 6.71. The molecule has 0 heterocycles. The molecule has 0 aromatic heterocycles. The van der Waals surface area contributed by atoms with E-state index in [4.69, 9.17) is 5.73 Å². The summed E-state index contributed by atoms with van der Waals surface area (Å²) in [6.45, 7) is 1.87. The van der Waals surface area contributed by atoms with Crippen LogP contribution in [0.1, 0.15) is 35.7 Å². The van der Waals surface area contributed by atoms with Gasteiger partial charge >= 0.3 is 0 Å². The molecule has 0 fully saturated rings. The van der Waals surface area contributed by atoms with E-state index in [-0.39, 0.29) is 11.7 Å². The second kappa shape index (κ2) is 9.00. The van der Waals surface area contributed by atoms with Crippen molar-refractivity contribution in [1.29, 1.82) is 0 Å². The summed E-state index contributed by atoms with van der Waals surface area (Å²) in [5, 5.41) is 2.90. The van der Waals surface area contributed by atoms with Crippen LogP contribution in [0.3, 0.4) is 0 Å². The molecule has 3 aromatic rings. The number of carbonyl (C=O) groups is 2. The van der Waals surface area contributed by atoms with Crippen LogP contribution in [-0.2, 0) is 11.2 Å². The Hall–Kier alpha value is -3.40. The average Bonchev–Trinajstić information content (AvgIpc) is 2.74. The van der Waals surface area contributed by atoms with Crippen molar-refractivity contribution in [2.24, 2.45) is 0 Å². The Labute approximate surface area is 165 Å². The molecule has 0 aliphatic carbocycles. The van der Waals surface area contributed by atoms with Crippen LogP contribution in [0.4, 0.5) is 11.4 Å². The number of amides is 1. The van der Waals surface area contributed by atoms with Gasteiger partial charge in [0.05, 0.1) is 11.4 Å². The molecule has 4 nitrogen and oxygen atoms in total. The maximum atomic E-state index is 12.6. The predicted octanol–water partition coefficient (Wildman–Crippen LogP) is 5.10. The molecular formula is C24H24N2O2. The van der Waals surface area contributed by atoms with Crippen LogP contribution in [0.15, 0.2) is 72.8 Å². The minimum absolute atomic E-state index is 0.215. The summed E-state index contributed by atoms with van der Waals surface area (Å²) in [6, 6.07) is 22.9. The lowest BCUT2D eigenvalue weighted by Crippen LogP contribution is -2.13. The molecule has 0 radical (unpaired) electrons. The van der Waals surface area contributed by atoms with Crippen molar-refractivity contribution in [1.82, 2.24) is 0 Å². The molecule has 28 heavy (non-hydrogen) atoms. The lowest BCUT2D eigenvalue weighted by molar-refractivity contribution is -0.118. The lowest BCUT2D eigenvalue weighted by Gasteiger charge is -2.11. The van der Waals surface area contributed by atoms with E-state index >= 15 is 0 Å². The highest BCUT2D eigenvalue weighted by Crippen LogP contribution is 2.27.